The van der Waals surface area contributed by atoms with Gasteiger partial charge in [0.1, 0.15) is 5.15 Å². The first-order valence-corrected chi connectivity index (χ1v) is 5.05. The quantitative estimate of drug-likeness (QED) is 0.796. The molecule has 0 N–H and O–H groups in total. The minimum Gasteiger partial charge on any atom is -0.417 e. The van der Waals surface area contributed by atoms with E-state index in [-0.39, 0.29) is 11.0 Å². The van der Waals surface area contributed by atoms with Gasteiger partial charge >= 0.3 is 6.61 Å². The Kier molecular flexibility index (Phi) is 3.23. The van der Waals surface area contributed by atoms with Crippen molar-refractivity contribution < 1.29 is 13.5 Å². The second-order valence-corrected chi connectivity index (χ2v) is 3.57. The Morgan fingerprint density at radius 2 is 2.24 bits per heavy atom. The van der Waals surface area contributed by atoms with E-state index >= 15 is 0 Å². The van der Waals surface area contributed by atoms with Crippen LogP contribution in [0.25, 0.3) is 11.3 Å². The van der Waals surface area contributed by atoms with E-state index in [2.05, 4.69) is 14.8 Å². The number of aryl methyl sites for hydroxylation is 1. The number of aromatic nitrogens is 3. The lowest BCUT2D eigenvalue weighted by Gasteiger charge is -2.01. The summed E-state index contributed by atoms with van der Waals surface area (Å²) in [5, 5.41) is 4.29. The zero-order valence-electron chi connectivity index (χ0n) is 8.77. The Labute approximate surface area is 101 Å². The molecule has 0 fully saturated rings. The molecule has 0 amide bonds. The molecule has 0 aromatic carbocycles. The van der Waals surface area contributed by atoms with Crippen LogP contribution in [0.5, 0.6) is 5.88 Å². The lowest BCUT2D eigenvalue weighted by atomic mass is 10.2. The molecule has 2 rings (SSSR count). The minimum absolute atomic E-state index is 0.0325. The van der Waals surface area contributed by atoms with E-state index in [0.29, 0.717) is 11.3 Å². The second kappa shape index (κ2) is 4.67. The fraction of sp³-hybridized carbons (Fsp3) is 0.200. The first kappa shape index (κ1) is 11.8. The van der Waals surface area contributed by atoms with Gasteiger partial charge in [-0.1, -0.05) is 11.6 Å². The Balaban J connectivity index is 2.38. The van der Waals surface area contributed by atoms with Gasteiger partial charge in [-0.15, -0.1) is 0 Å². The molecule has 90 valence electrons. The molecule has 0 spiro atoms. The molecule has 0 saturated carbocycles. The van der Waals surface area contributed by atoms with Crippen LogP contribution in [0.3, 0.4) is 0 Å². The minimum atomic E-state index is -2.89. The molecule has 0 saturated heterocycles. The predicted octanol–water partition coefficient (Wildman–Crippen LogP) is 2.74. The molecule has 7 heteroatoms. The normalized spacial score (nSPS) is 10.9. The van der Waals surface area contributed by atoms with Gasteiger partial charge in [0.25, 0.3) is 0 Å². The summed E-state index contributed by atoms with van der Waals surface area (Å²) in [6, 6.07) is 4.77. The summed E-state index contributed by atoms with van der Waals surface area (Å²) >= 11 is 5.88. The Bertz CT molecular complexity index is 530. The maximum absolute atomic E-state index is 12.1. The van der Waals surface area contributed by atoms with Crippen LogP contribution < -0.4 is 4.74 Å². The van der Waals surface area contributed by atoms with Crippen LogP contribution in [0, 0.1) is 0 Å². The zero-order valence-corrected chi connectivity index (χ0v) is 9.53. The van der Waals surface area contributed by atoms with Crippen LogP contribution in [0.1, 0.15) is 0 Å². The zero-order chi connectivity index (χ0) is 12.4. The summed E-state index contributed by atoms with van der Waals surface area (Å²) in [7, 11) is 1.51. The number of pyridine rings is 1. The first-order chi connectivity index (χ1) is 8.08. The average Bonchev–Trinajstić information content (AvgIpc) is 2.60. The molecule has 2 aromatic heterocycles. The van der Waals surface area contributed by atoms with E-state index in [1.165, 1.54) is 24.0 Å². The van der Waals surface area contributed by atoms with Crippen molar-refractivity contribution in [2.24, 2.45) is 7.05 Å². The van der Waals surface area contributed by atoms with E-state index in [4.69, 9.17) is 11.6 Å². The lowest BCUT2D eigenvalue weighted by Crippen LogP contribution is -2.05. The molecule has 17 heavy (non-hydrogen) atoms. The van der Waals surface area contributed by atoms with E-state index in [1.54, 1.807) is 12.1 Å². The number of nitrogens with zero attached hydrogens (tertiary/aromatic N) is 3. The highest BCUT2D eigenvalue weighted by Crippen LogP contribution is 2.27. The van der Waals surface area contributed by atoms with E-state index in [1.807, 2.05) is 0 Å². The summed E-state index contributed by atoms with van der Waals surface area (Å²) in [4.78, 5) is 3.88. The molecular formula is C10H8ClF2N3O. The van der Waals surface area contributed by atoms with Crippen molar-refractivity contribution in [3.05, 3.63) is 29.5 Å². The third kappa shape index (κ3) is 2.52. The predicted molar refractivity (Wildman–Crippen MR) is 58.1 cm³/mol. The Hall–Kier alpha value is -1.69. The van der Waals surface area contributed by atoms with Gasteiger partial charge < -0.3 is 4.74 Å². The monoisotopic (exact) mass is 259 g/mol. The highest BCUT2D eigenvalue weighted by Gasteiger charge is 2.14. The van der Waals surface area contributed by atoms with Crippen LogP contribution in [0.4, 0.5) is 8.78 Å². The van der Waals surface area contributed by atoms with Gasteiger partial charge in [-0.25, -0.2) is 9.67 Å². The molecule has 2 aromatic rings. The van der Waals surface area contributed by atoms with Crippen LogP contribution in [-0.2, 0) is 7.05 Å². The van der Waals surface area contributed by atoms with Crippen molar-refractivity contribution in [2.75, 3.05) is 0 Å². The molecular weight excluding hydrogens is 252 g/mol. The second-order valence-electron chi connectivity index (χ2n) is 3.21. The molecule has 2 heterocycles. The average molecular weight is 260 g/mol. The standard InChI is InChI=1S/C10H8ClF2N3O/c1-16-8(17-10(12)13)5-7(15-16)6-3-2-4-14-9(6)11/h2-5,10H,1H3. The molecule has 0 aliphatic heterocycles. The summed E-state index contributed by atoms with van der Waals surface area (Å²) in [6.07, 6.45) is 1.53. The van der Waals surface area contributed by atoms with Crippen molar-refractivity contribution in [1.29, 1.82) is 0 Å². The summed E-state index contributed by atoms with van der Waals surface area (Å²) in [5.41, 5.74) is 0.995. The van der Waals surface area contributed by atoms with Crippen molar-refractivity contribution >= 4 is 11.6 Å². The number of halogens is 3. The van der Waals surface area contributed by atoms with Crippen LogP contribution >= 0.6 is 11.6 Å². The highest BCUT2D eigenvalue weighted by atomic mass is 35.5. The maximum Gasteiger partial charge on any atom is 0.388 e. The fourth-order valence-corrected chi connectivity index (χ4v) is 1.58. The summed E-state index contributed by atoms with van der Waals surface area (Å²) < 4.78 is 29.7. The van der Waals surface area contributed by atoms with Gasteiger partial charge in [0.05, 0.1) is 5.69 Å². The molecule has 0 aliphatic rings. The Morgan fingerprint density at radius 3 is 2.88 bits per heavy atom. The van der Waals surface area contributed by atoms with E-state index in [9.17, 15) is 8.78 Å². The van der Waals surface area contributed by atoms with Crippen LogP contribution in [0.15, 0.2) is 24.4 Å². The maximum atomic E-state index is 12.1. The van der Waals surface area contributed by atoms with Gasteiger partial charge in [-0.3, -0.25) is 0 Å². The molecule has 0 aliphatic carbocycles. The number of ether oxygens (including phenoxy) is 1. The van der Waals surface area contributed by atoms with E-state index in [0.717, 1.165) is 0 Å². The first-order valence-electron chi connectivity index (χ1n) is 4.67. The van der Waals surface area contributed by atoms with Crippen LogP contribution in [-0.4, -0.2) is 21.4 Å². The third-order valence-electron chi connectivity index (χ3n) is 2.08. The topological polar surface area (TPSA) is 39.9 Å². The highest BCUT2D eigenvalue weighted by molar-refractivity contribution is 6.32. The fourth-order valence-electron chi connectivity index (χ4n) is 1.36. The van der Waals surface area contributed by atoms with Gasteiger partial charge in [0.15, 0.2) is 0 Å². The lowest BCUT2D eigenvalue weighted by molar-refractivity contribution is -0.0553. The van der Waals surface area contributed by atoms with Crippen molar-refractivity contribution in [3.63, 3.8) is 0 Å². The number of rotatable bonds is 3. The molecule has 4 nitrogen and oxygen atoms in total. The van der Waals surface area contributed by atoms with Crippen molar-refractivity contribution in [1.82, 2.24) is 14.8 Å². The SMILES string of the molecule is Cn1nc(-c2cccnc2Cl)cc1OC(F)F. The number of alkyl halides is 2. The number of hydrogen-bond donors (Lipinski definition) is 0. The molecule has 0 bridgehead atoms. The van der Waals surface area contributed by atoms with Gasteiger partial charge in [-0.2, -0.15) is 13.9 Å². The smallest absolute Gasteiger partial charge is 0.388 e. The third-order valence-corrected chi connectivity index (χ3v) is 2.38. The van der Waals surface area contributed by atoms with Crippen molar-refractivity contribution in [2.45, 2.75) is 6.61 Å². The number of hydrogen-bond acceptors (Lipinski definition) is 3. The molecule has 0 atom stereocenters. The van der Waals surface area contributed by atoms with Gasteiger partial charge in [0.2, 0.25) is 5.88 Å². The summed E-state index contributed by atoms with van der Waals surface area (Å²) in [5.74, 6) is -0.0325. The largest absolute Gasteiger partial charge is 0.417 e. The van der Waals surface area contributed by atoms with Gasteiger partial charge in [-0.05, 0) is 12.1 Å². The van der Waals surface area contributed by atoms with E-state index < -0.39 is 6.61 Å². The summed E-state index contributed by atoms with van der Waals surface area (Å²) in [6.45, 7) is -2.89. The van der Waals surface area contributed by atoms with Crippen LogP contribution in [0.2, 0.25) is 5.15 Å². The molecule has 0 unspecified atom stereocenters. The Morgan fingerprint density at radius 1 is 1.47 bits per heavy atom. The molecule has 0 radical (unpaired) electrons. The van der Waals surface area contributed by atoms with Gasteiger partial charge in [0, 0.05) is 24.9 Å². The van der Waals surface area contributed by atoms with Crippen molar-refractivity contribution in [3.8, 4) is 17.1 Å².